The van der Waals surface area contributed by atoms with E-state index in [1.165, 1.54) is 13.1 Å². The van der Waals surface area contributed by atoms with E-state index in [0.29, 0.717) is 5.15 Å². The van der Waals surface area contributed by atoms with Gasteiger partial charge in [0.1, 0.15) is 5.15 Å². The highest BCUT2D eigenvalue weighted by Crippen LogP contribution is 2.23. The van der Waals surface area contributed by atoms with Crippen LogP contribution in [0.15, 0.2) is 41.6 Å². The zero-order chi connectivity index (χ0) is 13.7. The Morgan fingerprint density at radius 3 is 2.58 bits per heavy atom. The molecule has 2 aromatic rings. The van der Waals surface area contributed by atoms with Gasteiger partial charge in [0.25, 0.3) is 0 Å². The van der Waals surface area contributed by atoms with Crippen LogP contribution in [0.3, 0.4) is 0 Å². The SMILES string of the molecule is CC(=O)Nc1ccc(SCc2cnc(Cl)cn2)cc1. The van der Waals surface area contributed by atoms with Crippen LogP contribution >= 0.6 is 23.4 Å². The quantitative estimate of drug-likeness (QED) is 0.878. The van der Waals surface area contributed by atoms with E-state index in [1.807, 2.05) is 24.3 Å². The molecule has 0 aliphatic carbocycles. The van der Waals surface area contributed by atoms with Crippen LogP contribution < -0.4 is 5.32 Å². The lowest BCUT2D eigenvalue weighted by Gasteiger charge is -2.04. The average Bonchev–Trinajstić information content (AvgIpc) is 2.39. The molecule has 1 amide bonds. The lowest BCUT2D eigenvalue weighted by Crippen LogP contribution is -2.05. The van der Waals surface area contributed by atoms with Gasteiger partial charge in [-0.15, -0.1) is 11.8 Å². The molecule has 98 valence electrons. The van der Waals surface area contributed by atoms with Crippen molar-refractivity contribution >= 4 is 35.0 Å². The fourth-order valence-electron chi connectivity index (χ4n) is 1.41. The third-order valence-corrected chi connectivity index (χ3v) is 3.48. The van der Waals surface area contributed by atoms with Gasteiger partial charge >= 0.3 is 0 Å². The number of anilines is 1. The minimum absolute atomic E-state index is 0.0724. The summed E-state index contributed by atoms with van der Waals surface area (Å²) in [5.41, 5.74) is 1.67. The van der Waals surface area contributed by atoms with Crippen molar-refractivity contribution in [3.63, 3.8) is 0 Å². The van der Waals surface area contributed by atoms with Gasteiger partial charge in [-0.25, -0.2) is 4.98 Å². The number of aromatic nitrogens is 2. The van der Waals surface area contributed by atoms with Crippen LogP contribution in [0.25, 0.3) is 0 Å². The van der Waals surface area contributed by atoms with Crippen LogP contribution in [0.5, 0.6) is 0 Å². The van der Waals surface area contributed by atoms with Crippen LogP contribution in [0.4, 0.5) is 5.69 Å². The van der Waals surface area contributed by atoms with E-state index in [0.717, 1.165) is 22.0 Å². The number of hydrogen-bond acceptors (Lipinski definition) is 4. The molecule has 4 nitrogen and oxygen atoms in total. The number of thioether (sulfide) groups is 1. The topological polar surface area (TPSA) is 54.9 Å². The number of nitrogens with one attached hydrogen (secondary N) is 1. The standard InChI is InChI=1S/C13H12ClN3OS/c1-9(18)17-10-2-4-12(5-3-10)19-8-11-6-16-13(14)7-15-11/h2-7H,8H2,1H3,(H,17,18). The molecular weight excluding hydrogens is 282 g/mol. The molecule has 0 aliphatic heterocycles. The second-order valence-corrected chi connectivity index (χ2v) is 5.26. The zero-order valence-corrected chi connectivity index (χ0v) is 11.8. The van der Waals surface area contributed by atoms with Crippen molar-refractivity contribution in [3.8, 4) is 0 Å². The molecule has 0 spiro atoms. The van der Waals surface area contributed by atoms with Crippen LogP contribution in [-0.2, 0) is 10.5 Å². The molecule has 1 heterocycles. The molecule has 0 aliphatic rings. The van der Waals surface area contributed by atoms with Gasteiger partial charge in [0.15, 0.2) is 0 Å². The normalized spacial score (nSPS) is 10.2. The van der Waals surface area contributed by atoms with Crippen molar-refractivity contribution in [3.05, 3.63) is 47.5 Å². The summed E-state index contributed by atoms with van der Waals surface area (Å²) in [6, 6.07) is 7.66. The lowest BCUT2D eigenvalue weighted by atomic mass is 10.3. The molecule has 1 aromatic carbocycles. The maximum absolute atomic E-state index is 10.9. The molecular formula is C13H12ClN3OS. The Hall–Kier alpha value is -1.59. The summed E-state index contributed by atoms with van der Waals surface area (Å²) in [6.45, 7) is 1.49. The number of nitrogens with zero attached hydrogens (tertiary/aromatic N) is 2. The first-order valence-corrected chi connectivity index (χ1v) is 6.97. The van der Waals surface area contributed by atoms with Gasteiger partial charge in [0.2, 0.25) is 5.91 Å². The molecule has 0 fully saturated rings. The average molecular weight is 294 g/mol. The number of carbonyl (C=O) groups excluding carboxylic acids is 1. The number of hydrogen-bond donors (Lipinski definition) is 1. The Labute approximate surface area is 120 Å². The highest BCUT2D eigenvalue weighted by molar-refractivity contribution is 7.98. The summed E-state index contributed by atoms with van der Waals surface area (Å²) in [5.74, 6) is 0.653. The smallest absolute Gasteiger partial charge is 0.221 e. The molecule has 0 bridgehead atoms. The second kappa shape index (κ2) is 6.54. The lowest BCUT2D eigenvalue weighted by molar-refractivity contribution is -0.114. The summed E-state index contributed by atoms with van der Waals surface area (Å²) in [6.07, 6.45) is 3.21. The number of halogens is 1. The number of benzene rings is 1. The predicted octanol–water partition coefficient (Wildman–Crippen LogP) is 3.38. The molecule has 6 heteroatoms. The Balaban J connectivity index is 1.92. The van der Waals surface area contributed by atoms with Crippen LogP contribution in [0.2, 0.25) is 5.15 Å². The molecule has 0 saturated carbocycles. The minimum atomic E-state index is -0.0724. The van der Waals surface area contributed by atoms with E-state index in [4.69, 9.17) is 11.6 Å². The van der Waals surface area contributed by atoms with Gasteiger partial charge < -0.3 is 5.32 Å². The van der Waals surface area contributed by atoms with Gasteiger partial charge in [-0.2, -0.15) is 0 Å². The van der Waals surface area contributed by atoms with Gasteiger partial charge in [0.05, 0.1) is 18.1 Å². The van der Waals surface area contributed by atoms with Crippen molar-refractivity contribution in [1.82, 2.24) is 9.97 Å². The number of amides is 1. The molecule has 0 saturated heterocycles. The fraction of sp³-hybridized carbons (Fsp3) is 0.154. The molecule has 0 unspecified atom stereocenters. The fourth-order valence-corrected chi connectivity index (χ4v) is 2.30. The monoisotopic (exact) mass is 293 g/mol. The Bertz CT molecular complexity index is 557. The first-order valence-electron chi connectivity index (χ1n) is 5.60. The van der Waals surface area contributed by atoms with E-state index >= 15 is 0 Å². The van der Waals surface area contributed by atoms with E-state index in [-0.39, 0.29) is 5.91 Å². The Kier molecular flexibility index (Phi) is 4.76. The molecule has 2 rings (SSSR count). The van der Waals surface area contributed by atoms with E-state index < -0.39 is 0 Å². The Morgan fingerprint density at radius 1 is 1.26 bits per heavy atom. The summed E-state index contributed by atoms with van der Waals surface area (Å²) in [4.78, 5) is 20.2. The van der Waals surface area contributed by atoms with Gasteiger partial charge in [0, 0.05) is 23.3 Å². The summed E-state index contributed by atoms with van der Waals surface area (Å²) in [5, 5.41) is 3.12. The number of carbonyl (C=O) groups is 1. The summed E-state index contributed by atoms with van der Waals surface area (Å²) < 4.78 is 0. The molecule has 0 atom stereocenters. The summed E-state index contributed by atoms with van der Waals surface area (Å²) >= 11 is 7.32. The largest absolute Gasteiger partial charge is 0.326 e. The van der Waals surface area contributed by atoms with Gasteiger partial charge in [-0.3, -0.25) is 9.78 Å². The molecule has 19 heavy (non-hydrogen) atoms. The van der Waals surface area contributed by atoms with Crippen molar-refractivity contribution < 1.29 is 4.79 Å². The third-order valence-electron chi connectivity index (χ3n) is 2.24. The van der Waals surface area contributed by atoms with Gasteiger partial charge in [-0.05, 0) is 24.3 Å². The zero-order valence-electron chi connectivity index (χ0n) is 10.3. The summed E-state index contributed by atoms with van der Waals surface area (Å²) in [7, 11) is 0. The van der Waals surface area contributed by atoms with Crippen molar-refractivity contribution in [2.45, 2.75) is 17.6 Å². The maximum Gasteiger partial charge on any atom is 0.221 e. The molecule has 1 N–H and O–H groups in total. The van der Waals surface area contributed by atoms with Crippen molar-refractivity contribution in [2.24, 2.45) is 0 Å². The van der Waals surface area contributed by atoms with Crippen molar-refractivity contribution in [1.29, 1.82) is 0 Å². The van der Waals surface area contributed by atoms with Crippen molar-refractivity contribution in [2.75, 3.05) is 5.32 Å². The third kappa shape index (κ3) is 4.54. The highest BCUT2D eigenvalue weighted by atomic mass is 35.5. The van der Waals surface area contributed by atoms with E-state index in [9.17, 15) is 4.79 Å². The van der Waals surface area contributed by atoms with Crippen LogP contribution in [-0.4, -0.2) is 15.9 Å². The minimum Gasteiger partial charge on any atom is -0.326 e. The van der Waals surface area contributed by atoms with Crippen LogP contribution in [0, 0.1) is 0 Å². The highest BCUT2D eigenvalue weighted by Gasteiger charge is 2.00. The molecule has 0 radical (unpaired) electrons. The first-order chi connectivity index (χ1) is 9.13. The van der Waals surface area contributed by atoms with Gasteiger partial charge in [-0.1, -0.05) is 11.6 Å². The maximum atomic E-state index is 10.9. The Morgan fingerprint density at radius 2 is 2.00 bits per heavy atom. The second-order valence-electron chi connectivity index (χ2n) is 3.82. The van der Waals surface area contributed by atoms with E-state index in [2.05, 4.69) is 15.3 Å². The predicted molar refractivity (Wildman–Crippen MR) is 77.3 cm³/mol. The first kappa shape index (κ1) is 13.8. The van der Waals surface area contributed by atoms with Crippen LogP contribution in [0.1, 0.15) is 12.6 Å². The number of rotatable bonds is 4. The molecule has 1 aromatic heterocycles. The van der Waals surface area contributed by atoms with E-state index in [1.54, 1.807) is 18.0 Å².